The quantitative estimate of drug-likeness (QED) is 0.285. The molecule has 1 N–H and O–H groups in total. The molecule has 2 rings (SSSR count). The number of aliphatic imine (C=N–C) groups is 1. The molecule has 0 spiro atoms. The Balaban J connectivity index is 2.01. The molecule has 25 heavy (non-hydrogen) atoms. The monoisotopic (exact) mass is 404 g/mol. The van der Waals surface area contributed by atoms with Crippen LogP contribution in [0, 0.1) is 11.8 Å². The van der Waals surface area contributed by atoms with Crippen molar-refractivity contribution in [1.29, 1.82) is 0 Å². The van der Waals surface area contributed by atoms with Crippen molar-refractivity contribution in [2.75, 3.05) is 6.54 Å². The molecule has 2 aliphatic carbocycles. The van der Waals surface area contributed by atoms with Gasteiger partial charge in [0.15, 0.2) is 0 Å². The Morgan fingerprint density at radius 3 is 2.92 bits per heavy atom. The van der Waals surface area contributed by atoms with E-state index in [2.05, 4.69) is 83.8 Å². The normalized spacial score (nSPS) is 26.3. The Hall–Kier alpha value is -0.930. The maximum Gasteiger partial charge on any atom is 0.102 e. The molecule has 0 saturated carbocycles. The molecule has 0 aromatic carbocycles. The molecular weight excluding hydrogens is 372 g/mol. The second-order valence-electron chi connectivity index (χ2n) is 7.03. The van der Waals surface area contributed by atoms with Crippen molar-refractivity contribution in [1.82, 2.24) is 5.32 Å². The zero-order chi connectivity index (χ0) is 17.9. The third-order valence-electron chi connectivity index (χ3n) is 5.00. The molecule has 0 aromatic rings. The van der Waals surface area contributed by atoms with E-state index in [1.54, 1.807) is 0 Å². The van der Waals surface area contributed by atoms with Gasteiger partial charge < -0.3 is 0 Å². The first kappa shape index (κ1) is 20.4. The highest BCUT2D eigenvalue weighted by Crippen LogP contribution is 2.27. The Bertz CT molecular complexity index is 530. The van der Waals surface area contributed by atoms with Gasteiger partial charge in [-0.2, -0.15) is 0 Å². The molecule has 0 amide bonds. The van der Waals surface area contributed by atoms with Gasteiger partial charge in [0, 0.05) is 17.6 Å². The second-order valence-corrected chi connectivity index (χ2v) is 8.21. The van der Waals surface area contributed by atoms with Gasteiger partial charge in [0.1, 0.15) is 6.17 Å². The van der Waals surface area contributed by atoms with Gasteiger partial charge in [0.25, 0.3) is 0 Å². The van der Waals surface area contributed by atoms with Crippen LogP contribution in [0.2, 0.25) is 0 Å². The van der Waals surface area contributed by atoms with E-state index in [4.69, 9.17) is 4.99 Å². The fourth-order valence-electron chi connectivity index (χ4n) is 3.34. The molecule has 4 atom stereocenters. The van der Waals surface area contributed by atoms with E-state index in [0.29, 0.717) is 16.7 Å². The fraction of sp³-hybridized carbons (Fsp3) is 0.591. The molecule has 2 aliphatic rings. The summed E-state index contributed by atoms with van der Waals surface area (Å²) in [6, 6.07) is 0. The van der Waals surface area contributed by atoms with Crippen LogP contribution < -0.4 is 5.32 Å². The SMILES string of the molecule is C/C=C\CC(C=NC(NCC1=CCCC=C1)C1CC=CC(Br)C1)CC. The molecule has 0 aromatic heterocycles. The van der Waals surface area contributed by atoms with Gasteiger partial charge in [0.2, 0.25) is 0 Å². The van der Waals surface area contributed by atoms with Gasteiger partial charge in [-0.05, 0) is 62.9 Å². The zero-order valence-corrected chi connectivity index (χ0v) is 17.3. The number of halogens is 1. The van der Waals surface area contributed by atoms with Gasteiger partial charge in [0.05, 0.1) is 0 Å². The molecule has 138 valence electrons. The topological polar surface area (TPSA) is 24.4 Å². The molecular formula is C22H33BrN2. The highest BCUT2D eigenvalue weighted by molar-refractivity contribution is 9.09. The summed E-state index contributed by atoms with van der Waals surface area (Å²) in [5, 5.41) is 3.73. The molecule has 0 saturated heterocycles. The molecule has 2 nitrogen and oxygen atoms in total. The summed E-state index contributed by atoms with van der Waals surface area (Å²) < 4.78 is 0. The van der Waals surface area contributed by atoms with Crippen LogP contribution in [0.5, 0.6) is 0 Å². The number of hydrogen-bond donors (Lipinski definition) is 1. The Kier molecular flexibility index (Phi) is 9.49. The van der Waals surface area contributed by atoms with Crippen LogP contribution in [-0.4, -0.2) is 23.8 Å². The third-order valence-corrected chi connectivity index (χ3v) is 5.68. The largest absolute Gasteiger partial charge is 0.291 e. The van der Waals surface area contributed by atoms with E-state index in [-0.39, 0.29) is 6.17 Å². The Labute approximate surface area is 162 Å². The lowest BCUT2D eigenvalue weighted by molar-refractivity contribution is 0.350. The first-order chi connectivity index (χ1) is 12.2. The molecule has 0 fully saturated rings. The fourth-order valence-corrected chi connectivity index (χ4v) is 4.04. The van der Waals surface area contributed by atoms with Crippen molar-refractivity contribution < 1.29 is 0 Å². The van der Waals surface area contributed by atoms with E-state index < -0.39 is 0 Å². The van der Waals surface area contributed by atoms with Gasteiger partial charge in [-0.3, -0.25) is 10.3 Å². The summed E-state index contributed by atoms with van der Waals surface area (Å²) >= 11 is 3.75. The zero-order valence-electron chi connectivity index (χ0n) is 15.7. The van der Waals surface area contributed by atoms with E-state index in [9.17, 15) is 0 Å². The van der Waals surface area contributed by atoms with Crippen LogP contribution in [0.15, 0.2) is 53.1 Å². The lowest BCUT2D eigenvalue weighted by Crippen LogP contribution is -2.38. The van der Waals surface area contributed by atoms with Crippen LogP contribution in [-0.2, 0) is 0 Å². The van der Waals surface area contributed by atoms with Crippen molar-refractivity contribution in [3.8, 4) is 0 Å². The van der Waals surface area contributed by atoms with Crippen molar-refractivity contribution in [3.63, 3.8) is 0 Å². The summed E-state index contributed by atoms with van der Waals surface area (Å²) in [5.41, 5.74) is 1.40. The lowest BCUT2D eigenvalue weighted by atomic mass is 9.91. The van der Waals surface area contributed by atoms with Crippen LogP contribution >= 0.6 is 15.9 Å². The summed E-state index contributed by atoms with van der Waals surface area (Å²) in [7, 11) is 0. The minimum absolute atomic E-state index is 0.195. The summed E-state index contributed by atoms with van der Waals surface area (Å²) in [4.78, 5) is 5.49. The summed E-state index contributed by atoms with van der Waals surface area (Å²) in [5.74, 6) is 1.09. The number of rotatable bonds is 9. The molecule has 0 aliphatic heterocycles. The van der Waals surface area contributed by atoms with Gasteiger partial charge in [-0.25, -0.2) is 0 Å². The van der Waals surface area contributed by atoms with E-state index >= 15 is 0 Å². The molecule has 0 bridgehead atoms. The Morgan fingerprint density at radius 2 is 2.24 bits per heavy atom. The van der Waals surface area contributed by atoms with E-state index in [1.165, 1.54) is 18.4 Å². The standard InChI is InChI=1S/C22H33BrN2/c1-3-5-10-18(4-2)16-24-22(20-13-9-14-21(23)15-20)25-17-19-11-7-6-8-12-19/h3,5,7,9,11-12,14,16,18,20-22,25H,4,6,8,10,13,15,17H2,1-2H3/b5-3-,24-16?. The summed E-state index contributed by atoms with van der Waals surface area (Å²) in [6.07, 6.45) is 25.0. The second kappa shape index (κ2) is 11.6. The van der Waals surface area contributed by atoms with Gasteiger partial charge in [-0.15, -0.1) is 0 Å². The number of alkyl halides is 1. The predicted molar refractivity (Wildman–Crippen MR) is 115 cm³/mol. The highest BCUT2D eigenvalue weighted by Gasteiger charge is 2.24. The average molecular weight is 405 g/mol. The van der Waals surface area contributed by atoms with Gasteiger partial charge in [-0.1, -0.05) is 65.4 Å². The first-order valence-electron chi connectivity index (χ1n) is 9.77. The number of nitrogens with one attached hydrogen (secondary N) is 1. The smallest absolute Gasteiger partial charge is 0.102 e. The predicted octanol–water partition coefficient (Wildman–Crippen LogP) is 5.97. The van der Waals surface area contributed by atoms with Crippen molar-refractivity contribution in [2.45, 2.75) is 63.4 Å². The van der Waals surface area contributed by atoms with E-state index in [1.807, 2.05) is 0 Å². The van der Waals surface area contributed by atoms with Gasteiger partial charge >= 0.3 is 0 Å². The summed E-state index contributed by atoms with van der Waals surface area (Å²) in [6.45, 7) is 5.25. The van der Waals surface area contributed by atoms with Crippen LogP contribution in [0.25, 0.3) is 0 Å². The highest BCUT2D eigenvalue weighted by atomic mass is 79.9. The molecule has 3 heteroatoms. The van der Waals surface area contributed by atoms with Crippen LogP contribution in [0.3, 0.4) is 0 Å². The minimum Gasteiger partial charge on any atom is -0.291 e. The van der Waals surface area contributed by atoms with E-state index in [0.717, 1.165) is 32.2 Å². The molecule has 0 radical (unpaired) electrons. The number of allylic oxidation sites excluding steroid dienone is 6. The minimum atomic E-state index is 0.195. The van der Waals surface area contributed by atoms with Crippen molar-refractivity contribution >= 4 is 22.1 Å². The van der Waals surface area contributed by atoms with Crippen molar-refractivity contribution in [2.24, 2.45) is 16.8 Å². The maximum atomic E-state index is 5.01. The average Bonchev–Trinajstić information content (AvgIpc) is 2.65. The third kappa shape index (κ3) is 7.45. The van der Waals surface area contributed by atoms with Crippen LogP contribution in [0.1, 0.15) is 52.4 Å². The molecule has 4 unspecified atom stereocenters. The molecule has 0 heterocycles. The van der Waals surface area contributed by atoms with Crippen LogP contribution in [0.4, 0.5) is 0 Å². The lowest BCUT2D eigenvalue weighted by Gasteiger charge is -2.28. The van der Waals surface area contributed by atoms with Crippen molar-refractivity contribution in [3.05, 3.63) is 48.1 Å². The first-order valence-corrected chi connectivity index (χ1v) is 10.7. The Morgan fingerprint density at radius 1 is 1.36 bits per heavy atom. The maximum absolute atomic E-state index is 5.01. The number of nitrogens with zero attached hydrogens (tertiary/aromatic N) is 1. The number of hydrogen-bond acceptors (Lipinski definition) is 2.